The Morgan fingerprint density at radius 1 is 1.17 bits per heavy atom. The third-order valence-corrected chi connectivity index (χ3v) is 4.87. The number of rotatable bonds is 4. The van der Waals surface area contributed by atoms with E-state index in [0.29, 0.717) is 6.42 Å². The number of allylic oxidation sites excluding steroid dienone is 2. The van der Waals surface area contributed by atoms with Gasteiger partial charge in [-0.3, -0.25) is 0 Å². The summed E-state index contributed by atoms with van der Waals surface area (Å²) in [6.07, 6.45) is 4.53. The van der Waals surface area contributed by atoms with Crippen LogP contribution >= 0.6 is 0 Å². The standard InChI is InChI=1S/C7H18N.C6H10O3S/c1-5-8(4,6-2)7-3;7-10(8,9)6-4-2-1-3-5-6/h5-7H2,1-4H3;4H,1-3,5H2,(H,7,8,9)/q+1;/p-1. The largest absolute Gasteiger partial charge is 0.744 e. The minimum atomic E-state index is -4.11. The van der Waals surface area contributed by atoms with Gasteiger partial charge in [0.05, 0.1) is 26.7 Å². The Hall–Kier alpha value is -0.390. The molecule has 0 radical (unpaired) electrons. The highest BCUT2D eigenvalue weighted by atomic mass is 32.2. The third kappa shape index (κ3) is 6.52. The van der Waals surface area contributed by atoms with Crippen LogP contribution in [0.5, 0.6) is 0 Å². The van der Waals surface area contributed by atoms with E-state index in [4.69, 9.17) is 0 Å². The van der Waals surface area contributed by atoms with Gasteiger partial charge in [-0.05, 0) is 46.5 Å². The van der Waals surface area contributed by atoms with E-state index in [2.05, 4.69) is 27.8 Å². The Bertz CT molecular complexity index is 348. The number of nitrogens with zero attached hydrogens (tertiary/aromatic N) is 1. The van der Waals surface area contributed by atoms with E-state index >= 15 is 0 Å². The van der Waals surface area contributed by atoms with Gasteiger partial charge < -0.3 is 9.04 Å². The maximum absolute atomic E-state index is 10.4. The van der Waals surface area contributed by atoms with Crippen LogP contribution in [0.3, 0.4) is 0 Å². The molecule has 0 aromatic heterocycles. The summed E-state index contributed by atoms with van der Waals surface area (Å²) >= 11 is 0. The van der Waals surface area contributed by atoms with Gasteiger partial charge in [0.1, 0.15) is 10.1 Å². The van der Waals surface area contributed by atoms with Gasteiger partial charge in [0.2, 0.25) is 0 Å². The lowest BCUT2D eigenvalue weighted by atomic mass is 10.1. The van der Waals surface area contributed by atoms with Gasteiger partial charge in [-0.25, -0.2) is 8.42 Å². The molecule has 0 aliphatic heterocycles. The summed E-state index contributed by atoms with van der Waals surface area (Å²) in [7, 11) is -1.82. The first-order valence-corrected chi connectivity index (χ1v) is 8.18. The Balaban J connectivity index is 0.000000331. The van der Waals surface area contributed by atoms with Crippen LogP contribution < -0.4 is 0 Å². The monoisotopic (exact) mass is 277 g/mol. The lowest BCUT2D eigenvalue weighted by Gasteiger charge is -2.30. The van der Waals surface area contributed by atoms with E-state index in [1.54, 1.807) is 0 Å². The van der Waals surface area contributed by atoms with E-state index in [9.17, 15) is 13.0 Å². The summed E-state index contributed by atoms with van der Waals surface area (Å²) in [5, 5.41) is 0. The molecule has 0 heterocycles. The summed E-state index contributed by atoms with van der Waals surface area (Å²) in [6.45, 7) is 10.5. The molecule has 4 nitrogen and oxygen atoms in total. The first-order chi connectivity index (χ1) is 8.29. The van der Waals surface area contributed by atoms with Gasteiger partial charge in [-0.1, -0.05) is 6.08 Å². The molecule has 1 rings (SSSR count). The quantitative estimate of drug-likeness (QED) is 0.586. The molecule has 0 aromatic carbocycles. The Labute approximate surface area is 112 Å². The van der Waals surface area contributed by atoms with Crippen molar-refractivity contribution in [1.29, 1.82) is 0 Å². The van der Waals surface area contributed by atoms with E-state index in [0.717, 1.165) is 19.3 Å². The maximum Gasteiger partial charge on any atom is 0.120 e. The first-order valence-electron chi connectivity index (χ1n) is 6.77. The summed E-state index contributed by atoms with van der Waals surface area (Å²) < 4.78 is 32.3. The number of hydrogen-bond donors (Lipinski definition) is 0. The van der Waals surface area contributed by atoms with Crippen molar-refractivity contribution in [3.63, 3.8) is 0 Å². The zero-order valence-corrected chi connectivity index (χ0v) is 12.9. The minimum Gasteiger partial charge on any atom is -0.744 e. The van der Waals surface area contributed by atoms with E-state index in [1.807, 2.05) is 0 Å². The topological polar surface area (TPSA) is 57.2 Å². The Morgan fingerprint density at radius 2 is 1.67 bits per heavy atom. The first kappa shape index (κ1) is 17.6. The third-order valence-electron chi connectivity index (χ3n) is 3.86. The molecule has 18 heavy (non-hydrogen) atoms. The summed E-state index contributed by atoms with van der Waals surface area (Å²) in [6, 6.07) is 0. The van der Waals surface area contributed by atoms with Crippen molar-refractivity contribution >= 4 is 10.1 Å². The average Bonchev–Trinajstić information content (AvgIpc) is 2.39. The van der Waals surface area contributed by atoms with Gasteiger partial charge >= 0.3 is 0 Å². The van der Waals surface area contributed by atoms with Crippen molar-refractivity contribution in [2.75, 3.05) is 26.7 Å². The molecule has 1 aliphatic rings. The molecule has 0 atom stereocenters. The van der Waals surface area contributed by atoms with Crippen LogP contribution in [0.4, 0.5) is 0 Å². The molecule has 0 fully saturated rings. The highest BCUT2D eigenvalue weighted by Crippen LogP contribution is 2.20. The van der Waals surface area contributed by atoms with Crippen molar-refractivity contribution in [2.45, 2.75) is 46.5 Å². The number of quaternary nitrogens is 1. The Morgan fingerprint density at radius 3 is 1.83 bits per heavy atom. The van der Waals surface area contributed by atoms with Gasteiger partial charge in [0.15, 0.2) is 0 Å². The lowest BCUT2D eigenvalue weighted by molar-refractivity contribution is -0.904. The lowest BCUT2D eigenvalue weighted by Crippen LogP contribution is -2.42. The van der Waals surface area contributed by atoms with E-state index in [-0.39, 0.29) is 4.91 Å². The molecule has 0 amide bonds. The molecule has 0 saturated carbocycles. The molecule has 108 valence electrons. The van der Waals surface area contributed by atoms with Crippen LogP contribution in [-0.2, 0) is 10.1 Å². The summed E-state index contributed by atoms with van der Waals surface area (Å²) in [4.78, 5) is 0.0822. The van der Waals surface area contributed by atoms with Crippen LogP contribution in [0.15, 0.2) is 11.0 Å². The van der Waals surface area contributed by atoms with Crippen LogP contribution in [0.2, 0.25) is 0 Å². The van der Waals surface area contributed by atoms with Gasteiger partial charge in [0, 0.05) is 4.91 Å². The van der Waals surface area contributed by atoms with Crippen molar-refractivity contribution in [3.05, 3.63) is 11.0 Å². The van der Waals surface area contributed by atoms with Gasteiger partial charge in [-0.2, -0.15) is 0 Å². The van der Waals surface area contributed by atoms with E-state index < -0.39 is 10.1 Å². The highest BCUT2D eigenvalue weighted by molar-refractivity contribution is 7.89. The SMILES string of the molecule is CC[N+](C)(CC)CC.O=S(=O)([O-])C1=CCCCC1. The molecule has 1 aliphatic carbocycles. The van der Waals surface area contributed by atoms with Gasteiger partial charge in [-0.15, -0.1) is 0 Å². The molecule has 0 N–H and O–H groups in total. The fraction of sp³-hybridized carbons (Fsp3) is 0.846. The fourth-order valence-electron chi connectivity index (χ4n) is 1.71. The highest BCUT2D eigenvalue weighted by Gasteiger charge is 2.11. The molecule has 5 heteroatoms. The molecular weight excluding hydrogens is 250 g/mol. The maximum atomic E-state index is 10.4. The molecular formula is C13H27NO3S. The van der Waals surface area contributed by atoms with Crippen LogP contribution in [0.25, 0.3) is 0 Å². The van der Waals surface area contributed by atoms with Crippen LogP contribution in [-0.4, -0.2) is 44.1 Å². The molecule has 0 spiro atoms. The van der Waals surface area contributed by atoms with Crippen LogP contribution in [0, 0.1) is 0 Å². The van der Waals surface area contributed by atoms with Gasteiger partial charge in [0.25, 0.3) is 0 Å². The smallest absolute Gasteiger partial charge is 0.120 e. The second-order valence-corrected chi connectivity index (χ2v) is 6.37. The summed E-state index contributed by atoms with van der Waals surface area (Å²) in [5.74, 6) is 0. The predicted molar refractivity (Wildman–Crippen MR) is 74.1 cm³/mol. The van der Waals surface area contributed by atoms with Crippen molar-refractivity contribution in [1.82, 2.24) is 0 Å². The second kappa shape index (κ2) is 7.92. The zero-order valence-electron chi connectivity index (χ0n) is 12.1. The van der Waals surface area contributed by atoms with Crippen LogP contribution in [0.1, 0.15) is 46.5 Å². The normalized spacial score (nSPS) is 16.6. The molecule has 0 aromatic rings. The molecule has 0 saturated heterocycles. The van der Waals surface area contributed by atoms with Crippen molar-refractivity contribution in [2.24, 2.45) is 0 Å². The second-order valence-electron chi connectivity index (χ2n) is 4.94. The fourth-order valence-corrected chi connectivity index (χ4v) is 2.42. The minimum absolute atomic E-state index is 0.0822. The average molecular weight is 277 g/mol. The molecule has 0 unspecified atom stereocenters. The number of hydrogen-bond acceptors (Lipinski definition) is 3. The zero-order chi connectivity index (χ0) is 14.2. The predicted octanol–water partition coefficient (Wildman–Crippen LogP) is 2.48. The Kier molecular flexibility index (Phi) is 7.75. The summed E-state index contributed by atoms with van der Waals surface area (Å²) in [5.41, 5.74) is 0. The van der Waals surface area contributed by atoms with Crippen molar-refractivity contribution < 1.29 is 17.5 Å². The van der Waals surface area contributed by atoms with E-state index in [1.165, 1.54) is 30.2 Å². The van der Waals surface area contributed by atoms with Crippen molar-refractivity contribution in [3.8, 4) is 0 Å². The molecule has 0 bridgehead atoms.